The molecule has 1 amide bonds. The van der Waals surface area contributed by atoms with E-state index in [1.54, 1.807) is 7.05 Å². The van der Waals surface area contributed by atoms with Crippen molar-refractivity contribution in [3.05, 3.63) is 0 Å². The zero-order valence-corrected chi connectivity index (χ0v) is 12.6. The fourth-order valence-electron chi connectivity index (χ4n) is 1.73. The van der Waals surface area contributed by atoms with Crippen molar-refractivity contribution in [3.63, 3.8) is 0 Å². The SMILES string of the molecule is CC.CC(C)N1CC(O)CC1CO.CNC(C)=O. The summed E-state index contributed by atoms with van der Waals surface area (Å²) < 4.78 is 0. The maximum Gasteiger partial charge on any atom is 0.216 e. The highest BCUT2D eigenvalue weighted by atomic mass is 16.3. The van der Waals surface area contributed by atoms with Crippen LogP contribution in [0.5, 0.6) is 0 Å². The number of hydrogen-bond acceptors (Lipinski definition) is 4. The topological polar surface area (TPSA) is 72.8 Å². The summed E-state index contributed by atoms with van der Waals surface area (Å²) in [6, 6.07) is 0.592. The van der Waals surface area contributed by atoms with Crippen molar-refractivity contribution < 1.29 is 15.0 Å². The molecule has 0 bridgehead atoms. The minimum atomic E-state index is -0.241. The fraction of sp³-hybridized carbons (Fsp3) is 0.923. The van der Waals surface area contributed by atoms with E-state index in [0.717, 1.165) is 0 Å². The minimum Gasteiger partial charge on any atom is -0.395 e. The molecule has 0 aromatic rings. The second kappa shape index (κ2) is 11.4. The fourth-order valence-corrected chi connectivity index (χ4v) is 1.73. The summed E-state index contributed by atoms with van der Waals surface area (Å²) in [6.07, 6.45) is 0.476. The Labute approximate surface area is 111 Å². The summed E-state index contributed by atoms with van der Waals surface area (Å²) in [5, 5.41) is 20.6. The number of aliphatic hydroxyl groups excluding tert-OH is 2. The van der Waals surface area contributed by atoms with Gasteiger partial charge in [0.15, 0.2) is 0 Å². The van der Waals surface area contributed by atoms with E-state index < -0.39 is 0 Å². The van der Waals surface area contributed by atoms with E-state index >= 15 is 0 Å². The second-order valence-electron chi connectivity index (χ2n) is 4.32. The lowest BCUT2D eigenvalue weighted by atomic mass is 10.2. The number of hydrogen-bond donors (Lipinski definition) is 3. The zero-order chi connectivity index (χ0) is 14.7. The summed E-state index contributed by atoms with van der Waals surface area (Å²) in [5.74, 6) is 0.00463. The summed E-state index contributed by atoms with van der Waals surface area (Å²) in [4.78, 5) is 11.8. The molecule has 0 aliphatic carbocycles. The molecule has 1 aliphatic heterocycles. The third kappa shape index (κ3) is 8.44. The Kier molecular flexibility index (Phi) is 12.5. The van der Waals surface area contributed by atoms with Crippen LogP contribution in [-0.4, -0.2) is 59.4 Å². The van der Waals surface area contributed by atoms with Gasteiger partial charge in [0, 0.05) is 32.6 Å². The van der Waals surface area contributed by atoms with Crippen LogP contribution >= 0.6 is 0 Å². The highest BCUT2D eigenvalue weighted by molar-refractivity contribution is 5.72. The van der Waals surface area contributed by atoms with E-state index in [4.69, 9.17) is 5.11 Å². The first-order valence-electron chi connectivity index (χ1n) is 6.65. The van der Waals surface area contributed by atoms with Gasteiger partial charge in [0.05, 0.1) is 12.7 Å². The second-order valence-corrected chi connectivity index (χ2v) is 4.32. The number of carbonyl (C=O) groups is 1. The first-order valence-corrected chi connectivity index (χ1v) is 6.65. The van der Waals surface area contributed by atoms with Crippen LogP contribution in [0, 0.1) is 0 Å². The van der Waals surface area contributed by atoms with Crippen molar-refractivity contribution >= 4 is 5.91 Å². The predicted molar refractivity (Wildman–Crippen MR) is 74.4 cm³/mol. The Bertz CT molecular complexity index is 210. The predicted octanol–water partition coefficient (Wildman–Crippen LogP) is 0.601. The van der Waals surface area contributed by atoms with Crippen molar-refractivity contribution in [2.45, 2.75) is 59.2 Å². The molecule has 0 radical (unpaired) electrons. The van der Waals surface area contributed by atoms with Gasteiger partial charge in [-0.2, -0.15) is 0 Å². The number of nitrogens with zero attached hydrogens (tertiary/aromatic N) is 1. The maximum absolute atomic E-state index is 9.70. The molecule has 3 N–H and O–H groups in total. The highest BCUT2D eigenvalue weighted by Crippen LogP contribution is 2.19. The van der Waals surface area contributed by atoms with Crippen molar-refractivity contribution in [2.24, 2.45) is 0 Å². The maximum atomic E-state index is 9.70. The van der Waals surface area contributed by atoms with Crippen molar-refractivity contribution in [3.8, 4) is 0 Å². The number of nitrogens with one attached hydrogen (secondary N) is 1. The van der Waals surface area contributed by atoms with Crippen molar-refractivity contribution in [1.29, 1.82) is 0 Å². The van der Waals surface area contributed by atoms with Crippen LogP contribution in [0.3, 0.4) is 0 Å². The Morgan fingerprint density at radius 1 is 1.44 bits per heavy atom. The third-order valence-electron chi connectivity index (χ3n) is 2.66. The molecule has 1 aliphatic rings. The van der Waals surface area contributed by atoms with Gasteiger partial charge in [-0.15, -0.1) is 0 Å². The third-order valence-corrected chi connectivity index (χ3v) is 2.66. The van der Waals surface area contributed by atoms with E-state index in [0.29, 0.717) is 19.0 Å². The molecule has 0 saturated carbocycles. The molecule has 5 heteroatoms. The molecule has 5 nitrogen and oxygen atoms in total. The van der Waals surface area contributed by atoms with Gasteiger partial charge in [-0.25, -0.2) is 0 Å². The molecule has 0 aromatic heterocycles. The molecule has 0 aromatic carbocycles. The Hall–Kier alpha value is -0.650. The Morgan fingerprint density at radius 3 is 2.11 bits per heavy atom. The average Bonchev–Trinajstić information content (AvgIpc) is 2.74. The molecule has 2 unspecified atom stereocenters. The first kappa shape index (κ1) is 19.7. The summed E-state index contributed by atoms with van der Waals surface area (Å²) in [5.41, 5.74) is 0. The quantitative estimate of drug-likeness (QED) is 0.681. The zero-order valence-electron chi connectivity index (χ0n) is 12.6. The van der Waals surface area contributed by atoms with Crippen LogP contribution in [0.2, 0.25) is 0 Å². The summed E-state index contributed by atoms with van der Waals surface area (Å²) in [6.45, 7) is 10.5. The molecule has 110 valence electrons. The smallest absolute Gasteiger partial charge is 0.216 e. The van der Waals surface area contributed by atoms with Gasteiger partial charge in [-0.3, -0.25) is 9.69 Å². The van der Waals surface area contributed by atoms with E-state index in [1.165, 1.54) is 6.92 Å². The van der Waals surface area contributed by atoms with Crippen molar-refractivity contribution in [1.82, 2.24) is 10.2 Å². The molecule has 1 heterocycles. The van der Waals surface area contributed by atoms with E-state index in [2.05, 4.69) is 24.1 Å². The van der Waals surface area contributed by atoms with Crippen molar-refractivity contribution in [2.75, 3.05) is 20.2 Å². The number of likely N-dealkylation sites (tertiary alicyclic amines) is 1. The number of β-amino-alcohol motifs (C(OH)–C–C–N with tert-alkyl or cyclic N) is 1. The van der Waals surface area contributed by atoms with Gasteiger partial charge in [0.1, 0.15) is 0 Å². The van der Waals surface area contributed by atoms with Gasteiger partial charge in [-0.05, 0) is 20.3 Å². The van der Waals surface area contributed by atoms with Gasteiger partial charge in [-0.1, -0.05) is 13.8 Å². The number of carbonyl (C=O) groups excluding carboxylic acids is 1. The standard InChI is InChI=1S/C8H17NO2.C3H7NO.C2H6/c1-6(2)9-4-8(11)3-7(9)5-10;1-3(5)4-2;1-2/h6-8,10-11H,3-5H2,1-2H3;1-2H3,(H,4,5);1-2H3. The van der Waals surface area contributed by atoms with Crippen LogP contribution in [0.4, 0.5) is 0 Å². The molecular formula is C13H30N2O3. The van der Waals surface area contributed by atoms with Gasteiger partial charge in [0.25, 0.3) is 0 Å². The molecule has 1 saturated heterocycles. The summed E-state index contributed by atoms with van der Waals surface area (Å²) >= 11 is 0. The monoisotopic (exact) mass is 262 g/mol. The normalized spacial score (nSPS) is 22.7. The van der Waals surface area contributed by atoms with Crippen LogP contribution in [-0.2, 0) is 4.79 Å². The molecular weight excluding hydrogens is 232 g/mol. The van der Waals surface area contributed by atoms with E-state index in [9.17, 15) is 9.90 Å². The van der Waals surface area contributed by atoms with E-state index in [1.807, 2.05) is 13.8 Å². The molecule has 0 spiro atoms. The lowest BCUT2D eigenvalue weighted by Crippen LogP contribution is -2.37. The molecule has 1 rings (SSSR count). The molecule has 2 atom stereocenters. The lowest BCUT2D eigenvalue weighted by molar-refractivity contribution is -0.118. The largest absolute Gasteiger partial charge is 0.395 e. The Morgan fingerprint density at radius 2 is 1.89 bits per heavy atom. The number of aliphatic hydroxyl groups is 2. The Balaban J connectivity index is 0. The summed E-state index contributed by atoms with van der Waals surface area (Å²) in [7, 11) is 1.60. The average molecular weight is 262 g/mol. The number of rotatable bonds is 2. The minimum absolute atomic E-state index is 0.00463. The van der Waals surface area contributed by atoms with E-state index in [-0.39, 0.29) is 24.7 Å². The highest BCUT2D eigenvalue weighted by Gasteiger charge is 2.31. The van der Waals surface area contributed by atoms with Crippen LogP contribution in [0.1, 0.15) is 41.0 Å². The van der Waals surface area contributed by atoms with Crippen LogP contribution in [0.15, 0.2) is 0 Å². The van der Waals surface area contributed by atoms with Crippen LogP contribution < -0.4 is 5.32 Å². The van der Waals surface area contributed by atoms with Crippen LogP contribution in [0.25, 0.3) is 0 Å². The lowest BCUT2D eigenvalue weighted by Gasteiger charge is -2.26. The molecule has 1 fully saturated rings. The number of amides is 1. The van der Waals surface area contributed by atoms with Gasteiger partial charge < -0.3 is 15.5 Å². The first-order chi connectivity index (χ1) is 8.42. The van der Waals surface area contributed by atoms with Gasteiger partial charge >= 0.3 is 0 Å². The van der Waals surface area contributed by atoms with Gasteiger partial charge in [0.2, 0.25) is 5.91 Å². The molecule has 18 heavy (non-hydrogen) atoms.